The molecule has 0 radical (unpaired) electrons. The number of ether oxygens (including phenoxy) is 2. The van der Waals surface area contributed by atoms with Crippen LogP contribution in [0.25, 0.3) is 11.3 Å². The van der Waals surface area contributed by atoms with Crippen LogP contribution in [0.4, 0.5) is 22.5 Å². The van der Waals surface area contributed by atoms with Crippen molar-refractivity contribution in [3.8, 4) is 22.8 Å². The van der Waals surface area contributed by atoms with E-state index < -0.39 is 0 Å². The molecule has 1 saturated heterocycles. The van der Waals surface area contributed by atoms with Gasteiger partial charge < -0.3 is 34.8 Å². The molecule has 244 valence electrons. The molecule has 14 heteroatoms. The number of nitrogens with zero attached hydrogens (tertiary/aromatic N) is 6. The van der Waals surface area contributed by atoms with Gasteiger partial charge in [-0.3, -0.25) is 9.59 Å². The molecule has 2 aliphatic rings. The van der Waals surface area contributed by atoms with Crippen molar-refractivity contribution < 1.29 is 19.1 Å². The fourth-order valence-electron chi connectivity index (χ4n) is 5.40. The highest BCUT2D eigenvalue weighted by atomic mass is 35.5. The van der Waals surface area contributed by atoms with Gasteiger partial charge in [0, 0.05) is 44.0 Å². The van der Waals surface area contributed by atoms with Crippen molar-refractivity contribution in [1.82, 2.24) is 24.8 Å². The van der Waals surface area contributed by atoms with Crippen molar-refractivity contribution >= 4 is 57.2 Å². The van der Waals surface area contributed by atoms with E-state index in [2.05, 4.69) is 20.5 Å². The number of likely N-dealkylation sites (N-methyl/N-ethyl adjacent to an activating group) is 1. The molecule has 1 atom stereocenters. The maximum absolute atomic E-state index is 12.9. The Morgan fingerprint density at radius 2 is 2.04 bits per heavy atom. The fourth-order valence-corrected chi connectivity index (χ4v) is 6.38. The van der Waals surface area contributed by atoms with Gasteiger partial charge in [0.05, 0.1) is 35.8 Å². The molecule has 3 aromatic heterocycles. The number of rotatable bonds is 9. The van der Waals surface area contributed by atoms with Crippen LogP contribution in [0.5, 0.6) is 11.5 Å². The predicted molar refractivity (Wildman–Crippen MR) is 184 cm³/mol. The van der Waals surface area contributed by atoms with Gasteiger partial charge in [-0.25, -0.2) is 15.0 Å². The summed E-state index contributed by atoms with van der Waals surface area (Å²) in [5, 5.41) is 7.00. The van der Waals surface area contributed by atoms with Crippen molar-refractivity contribution in [2.75, 3.05) is 69.5 Å². The summed E-state index contributed by atoms with van der Waals surface area (Å²) in [4.78, 5) is 46.1. The van der Waals surface area contributed by atoms with Gasteiger partial charge in [0.2, 0.25) is 5.91 Å². The normalized spacial score (nSPS) is 15.7. The number of thiazole rings is 1. The van der Waals surface area contributed by atoms with Crippen molar-refractivity contribution in [3.05, 3.63) is 76.4 Å². The zero-order chi connectivity index (χ0) is 33.1. The third-order valence-corrected chi connectivity index (χ3v) is 9.08. The Morgan fingerprint density at radius 1 is 1.19 bits per heavy atom. The van der Waals surface area contributed by atoms with E-state index in [1.54, 1.807) is 25.4 Å². The van der Waals surface area contributed by atoms with E-state index in [4.69, 9.17) is 31.0 Å². The van der Waals surface area contributed by atoms with Crippen LogP contribution < -0.4 is 25.0 Å². The van der Waals surface area contributed by atoms with Crippen molar-refractivity contribution in [3.63, 3.8) is 0 Å². The molecule has 0 bridgehead atoms. The number of piperazine rings is 1. The number of carbonyl (C=O) groups is 2. The predicted octanol–water partition coefficient (Wildman–Crippen LogP) is 5.09. The van der Waals surface area contributed by atoms with Gasteiger partial charge in [0.25, 0.3) is 5.91 Å². The number of aryl methyl sites for hydroxylation is 1. The highest BCUT2D eigenvalue weighted by Gasteiger charge is 2.35. The average Bonchev–Trinajstić information content (AvgIpc) is 3.54. The van der Waals surface area contributed by atoms with E-state index in [0.717, 1.165) is 16.9 Å². The maximum Gasteiger partial charge on any atom is 0.267 e. The van der Waals surface area contributed by atoms with Gasteiger partial charge in [0.1, 0.15) is 11.5 Å². The first-order valence-electron chi connectivity index (χ1n) is 15.0. The van der Waals surface area contributed by atoms with E-state index in [-0.39, 0.29) is 17.9 Å². The number of hydrogen-bond acceptors (Lipinski definition) is 11. The summed E-state index contributed by atoms with van der Waals surface area (Å²) in [5.41, 5.74) is 2.84. The average molecular weight is 675 g/mol. The van der Waals surface area contributed by atoms with Gasteiger partial charge in [-0.15, -0.1) is 0 Å². The molecule has 5 heterocycles. The number of benzene rings is 1. The summed E-state index contributed by atoms with van der Waals surface area (Å²) >= 11 is 7.47. The minimum absolute atomic E-state index is 0.0139. The number of anilines is 4. The lowest BCUT2D eigenvalue weighted by Crippen LogP contribution is -2.58. The zero-order valence-corrected chi connectivity index (χ0v) is 28.1. The Morgan fingerprint density at radius 3 is 2.83 bits per heavy atom. The van der Waals surface area contributed by atoms with Crippen LogP contribution in [0.2, 0.25) is 5.02 Å². The third-order valence-electron chi connectivity index (χ3n) is 7.85. The fraction of sp³-hybridized carbons (Fsp3) is 0.303. The molecule has 0 saturated carbocycles. The molecule has 2 amide bonds. The first kappa shape index (κ1) is 32.2. The van der Waals surface area contributed by atoms with Crippen LogP contribution in [0, 0.1) is 6.92 Å². The number of aromatic nitrogens is 3. The van der Waals surface area contributed by atoms with Crippen LogP contribution in [0.3, 0.4) is 0 Å². The summed E-state index contributed by atoms with van der Waals surface area (Å²) in [5.74, 6) is 2.07. The number of methoxy groups -OCH3 is 1. The molecule has 1 aromatic carbocycles. The Bertz CT molecular complexity index is 1810. The second-order valence-corrected chi connectivity index (χ2v) is 12.9. The maximum atomic E-state index is 12.9. The van der Waals surface area contributed by atoms with Gasteiger partial charge in [-0.1, -0.05) is 41.1 Å². The topological polar surface area (TPSA) is 125 Å². The number of para-hydroxylation sites is 1. The van der Waals surface area contributed by atoms with Gasteiger partial charge in [-0.2, -0.15) is 0 Å². The minimum atomic E-state index is -0.312. The Balaban J connectivity index is 1.15. The zero-order valence-electron chi connectivity index (χ0n) is 26.5. The Hall–Kier alpha value is -4.72. The van der Waals surface area contributed by atoms with E-state index in [1.807, 2.05) is 67.2 Å². The number of nitrogens with one attached hydrogen (secondary N) is 2. The standard InChI is InChI=1S/C33H35ClN8O4S/c1-20-7-5-8-23(34)29(20)38-32(44)27-17-36-33(47-27)39-30-25(45-4)11-10-24(37-30)21-15-26-31(35-16-21)42-14-13-41(18-22(42)19-46-26)28(43)9-6-12-40(2)3/h5-11,15-17,22H,12-14,18-19H2,1-4H3,(H,38,44)(H,36,37,39)/b9-6+/t22-/m0/s1. The number of halogens is 1. The molecule has 0 aliphatic carbocycles. The highest BCUT2D eigenvalue weighted by Crippen LogP contribution is 2.38. The second-order valence-electron chi connectivity index (χ2n) is 11.4. The van der Waals surface area contributed by atoms with E-state index >= 15 is 0 Å². The van der Waals surface area contributed by atoms with Crippen molar-refractivity contribution in [1.29, 1.82) is 0 Å². The summed E-state index contributed by atoms with van der Waals surface area (Å²) in [7, 11) is 5.50. The lowest BCUT2D eigenvalue weighted by atomic mass is 10.1. The molecule has 1 fully saturated rings. The number of fused-ring (bicyclic) bond motifs is 3. The molecule has 12 nitrogen and oxygen atoms in total. The summed E-state index contributed by atoms with van der Waals surface area (Å²) < 4.78 is 11.7. The van der Waals surface area contributed by atoms with Crippen LogP contribution in [0.15, 0.2) is 60.9 Å². The second kappa shape index (κ2) is 14.0. The quantitative estimate of drug-likeness (QED) is 0.232. The van der Waals surface area contributed by atoms with E-state index in [1.165, 1.54) is 17.5 Å². The third kappa shape index (κ3) is 7.17. The van der Waals surface area contributed by atoms with Crippen LogP contribution in [0.1, 0.15) is 15.2 Å². The van der Waals surface area contributed by atoms with Crippen LogP contribution >= 0.6 is 22.9 Å². The monoisotopic (exact) mass is 674 g/mol. The molecule has 6 rings (SSSR count). The van der Waals surface area contributed by atoms with Gasteiger partial charge in [0.15, 0.2) is 28.3 Å². The number of amides is 2. The Kier molecular flexibility index (Phi) is 9.57. The number of hydrogen-bond donors (Lipinski definition) is 2. The number of carbonyl (C=O) groups excluding carboxylic acids is 2. The SMILES string of the molecule is COc1ccc(-c2cnc3c(c2)OC[C@@H]2CN(C(=O)/C=C/CN(C)C)CCN32)nc1Nc1ncc(C(=O)Nc2c(C)cccc2Cl)s1. The minimum Gasteiger partial charge on any atom is -0.493 e. The molecule has 2 N–H and O–H groups in total. The largest absolute Gasteiger partial charge is 0.493 e. The van der Waals surface area contributed by atoms with Crippen LogP contribution in [-0.4, -0.2) is 96.6 Å². The van der Waals surface area contributed by atoms with Crippen molar-refractivity contribution in [2.45, 2.75) is 13.0 Å². The lowest BCUT2D eigenvalue weighted by Gasteiger charge is -2.44. The van der Waals surface area contributed by atoms with Gasteiger partial charge in [-0.05, 0) is 50.8 Å². The summed E-state index contributed by atoms with van der Waals surface area (Å²) in [6, 6.07) is 11.1. The molecule has 4 aromatic rings. The molecule has 2 aliphatic heterocycles. The van der Waals surface area contributed by atoms with Crippen LogP contribution in [-0.2, 0) is 4.79 Å². The van der Waals surface area contributed by atoms with E-state index in [9.17, 15) is 9.59 Å². The molecule has 0 spiro atoms. The Labute approximate surface area is 282 Å². The summed E-state index contributed by atoms with van der Waals surface area (Å²) in [6.45, 7) is 4.89. The van der Waals surface area contributed by atoms with Crippen molar-refractivity contribution in [2.24, 2.45) is 0 Å². The molecule has 0 unspecified atom stereocenters. The molecular formula is C33H35ClN8O4S. The summed E-state index contributed by atoms with van der Waals surface area (Å²) in [6.07, 6.45) is 6.81. The first-order valence-corrected chi connectivity index (χ1v) is 16.2. The molecular weight excluding hydrogens is 640 g/mol. The highest BCUT2D eigenvalue weighted by molar-refractivity contribution is 7.17. The first-order chi connectivity index (χ1) is 22.7. The lowest BCUT2D eigenvalue weighted by molar-refractivity contribution is -0.127. The number of pyridine rings is 2. The smallest absolute Gasteiger partial charge is 0.267 e. The molecule has 47 heavy (non-hydrogen) atoms. The van der Waals surface area contributed by atoms with E-state index in [0.29, 0.717) is 76.5 Å². The van der Waals surface area contributed by atoms with Gasteiger partial charge >= 0.3 is 0 Å².